The Kier molecular flexibility index (Phi) is 6.19. The maximum atomic E-state index is 12.2. The number of nitrogens with one attached hydrogen (secondary N) is 1. The molecule has 2 rings (SSSR count). The van der Waals surface area contributed by atoms with E-state index < -0.39 is 10.0 Å². The van der Waals surface area contributed by atoms with Crippen LogP contribution in [0, 0.1) is 12.8 Å². The van der Waals surface area contributed by atoms with Crippen molar-refractivity contribution in [3.63, 3.8) is 0 Å². The van der Waals surface area contributed by atoms with Crippen molar-refractivity contribution in [2.45, 2.75) is 24.0 Å². The number of ether oxygens (including phenoxy) is 1. The van der Waals surface area contributed by atoms with E-state index in [4.69, 9.17) is 4.74 Å². The molecule has 1 fully saturated rings. The summed E-state index contributed by atoms with van der Waals surface area (Å²) in [5.74, 6) is 0.381. The highest BCUT2D eigenvalue weighted by atomic mass is 32.2. The molecule has 0 aliphatic carbocycles. The lowest BCUT2D eigenvalue weighted by Gasteiger charge is -2.32. The molecule has 0 spiro atoms. The molecule has 1 aromatic rings. The lowest BCUT2D eigenvalue weighted by atomic mass is 9.98. The highest BCUT2D eigenvalue weighted by Gasteiger charge is 2.22. The van der Waals surface area contributed by atoms with Crippen LogP contribution in [0.4, 0.5) is 0 Å². The molecule has 1 atom stereocenters. The minimum Gasteiger partial charge on any atom is -0.383 e. The second-order valence-electron chi connectivity index (χ2n) is 5.60. The van der Waals surface area contributed by atoms with Crippen LogP contribution in [0.15, 0.2) is 15.7 Å². The topological polar surface area (TPSA) is 58.6 Å². The van der Waals surface area contributed by atoms with Gasteiger partial charge in [-0.1, -0.05) is 0 Å². The number of aryl methyl sites for hydroxylation is 1. The molecule has 0 radical (unpaired) electrons. The van der Waals surface area contributed by atoms with Crippen LogP contribution in [0.1, 0.15) is 18.4 Å². The molecule has 120 valence electrons. The monoisotopic (exact) mass is 332 g/mol. The highest BCUT2D eigenvalue weighted by Crippen LogP contribution is 2.20. The van der Waals surface area contributed by atoms with E-state index in [2.05, 4.69) is 9.62 Å². The van der Waals surface area contributed by atoms with E-state index in [-0.39, 0.29) is 0 Å². The Bertz CT molecular complexity index is 542. The van der Waals surface area contributed by atoms with Gasteiger partial charge in [0, 0.05) is 26.7 Å². The Morgan fingerprint density at radius 2 is 2.33 bits per heavy atom. The number of thiophene rings is 1. The summed E-state index contributed by atoms with van der Waals surface area (Å²) in [6.07, 6.45) is 2.20. The fourth-order valence-corrected chi connectivity index (χ4v) is 4.98. The lowest BCUT2D eigenvalue weighted by molar-refractivity contribution is 0.115. The zero-order valence-corrected chi connectivity index (χ0v) is 14.3. The molecular weight excluding hydrogens is 308 g/mol. The van der Waals surface area contributed by atoms with E-state index >= 15 is 0 Å². The number of rotatable bonds is 7. The van der Waals surface area contributed by atoms with E-state index in [1.54, 1.807) is 13.2 Å². The van der Waals surface area contributed by atoms with Crippen LogP contribution in [0.2, 0.25) is 0 Å². The average Bonchev–Trinajstić information content (AvgIpc) is 2.91. The molecular formula is C14H24N2O3S2. The number of hydrogen-bond donors (Lipinski definition) is 1. The predicted molar refractivity (Wildman–Crippen MR) is 85.3 cm³/mol. The maximum absolute atomic E-state index is 12.2. The molecule has 1 aliphatic rings. The van der Waals surface area contributed by atoms with Gasteiger partial charge < -0.3 is 9.64 Å². The smallest absolute Gasteiger partial charge is 0.250 e. The standard InChI is InChI=1S/C14H24N2O3S2/c1-12-8-14(20-11-12)21(17,18)15-9-13-4-3-5-16(10-13)6-7-19-2/h8,11,13,15H,3-7,9-10H2,1-2H3. The summed E-state index contributed by atoms with van der Waals surface area (Å²) in [4.78, 5) is 2.35. The first-order valence-electron chi connectivity index (χ1n) is 7.27. The molecule has 1 aromatic heterocycles. The third-order valence-corrected chi connectivity index (χ3v) is 6.73. The van der Waals surface area contributed by atoms with Crippen LogP contribution in [0.25, 0.3) is 0 Å². The molecule has 0 aromatic carbocycles. The van der Waals surface area contributed by atoms with Crippen LogP contribution in [0.5, 0.6) is 0 Å². The number of hydrogen-bond acceptors (Lipinski definition) is 5. The molecule has 1 saturated heterocycles. The third-order valence-electron chi connectivity index (χ3n) is 3.75. The molecule has 1 unspecified atom stereocenters. The Balaban J connectivity index is 1.84. The summed E-state index contributed by atoms with van der Waals surface area (Å²) in [6.45, 7) is 6.09. The van der Waals surface area contributed by atoms with Gasteiger partial charge in [-0.25, -0.2) is 13.1 Å². The molecule has 2 heterocycles. The van der Waals surface area contributed by atoms with E-state index in [1.807, 2.05) is 12.3 Å². The van der Waals surface area contributed by atoms with E-state index in [0.29, 0.717) is 16.7 Å². The van der Waals surface area contributed by atoms with Crippen molar-refractivity contribution in [3.8, 4) is 0 Å². The van der Waals surface area contributed by atoms with Crippen LogP contribution in [-0.4, -0.2) is 53.2 Å². The zero-order valence-electron chi connectivity index (χ0n) is 12.7. The number of nitrogens with zero attached hydrogens (tertiary/aromatic N) is 1. The van der Waals surface area contributed by atoms with Crippen LogP contribution in [-0.2, 0) is 14.8 Å². The summed E-state index contributed by atoms with van der Waals surface area (Å²) in [6, 6.07) is 1.72. The van der Waals surface area contributed by atoms with Crippen LogP contribution in [0.3, 0.4) is 0 Å². The fourth-order valence-electron chi connectivity index (χ4n) is 2.59. The number of likely N-dealkylation sites (tertiary alicyclic amines) is 1. The van der Waals surface area contributed by atoms with Crippen molar-refractivity contribution >= 4 is 21.4 Å². The molecule has 1 N–H and O–H groups in total. The van der Waals surface area contributed by atoms with Crippen molar-refractivity contribution in [3.05, 3.63) is 17.0 Å². The van der Waals surface area contributed by atoms with Gasteiger partial charge in [0.2, 0.25) is 10.0 Å². The second-order valence-corrected chi connectivity index (χ2v) is 8.50. The lowest BCUT2D eigenvalue weighted by Crippen LogP contribution is -2.42. The predicted octanol–water partition coefficient (Wildman–Crippen LogP) is 1.69. The van der Waals surface area contributed by atoms with Crippen molar-refractivity contribution < 1.29 is 13.2 Å². The molecule has 21 heavy (non-hydrogen) atoms. The number of methoxy groups -OCH3 is 1. The minimum atomic E-state index is -3.35. The van der Waals surface area contributed by atoms with Crippen molar-refractivity contribution in [2.24, 2.45) is 5.92 Å². The SMILES string of the molecule is COCCN1CCCC(CNS(=O)(=O)c2cc(C)cs2)C1. The summed E-state index contributed by atoms with van der Waals surface area (Å²) in [5.41, 5.74) is 0.990. The molecule has 7 heteroatoms. The number of piperidine rings is 1. The Morgan fingerprint density at radius 1 is 1.52 bits per heavy atom. The summed E-state index contributed by atoms with van der Waals surface area (Å²) in [7, 11) is -1.64. The Hall–Kier alpha value is -0.470. The summed E-state index contributed by atoms with van der Waals surface area (Å²) in [5, 5.41) is 1.86. The second kappa shape index (κ2) is 7.69. The van der Waals surface area contributed by atoms with Gasteiger partial charge >= 0.3 is 0 Å². The van der Waals surface area contributed by atoms with Gasteiger partial charge in [-0.05, 0) is 49.2 Å². The quantitative estimate of drug-likeness (QED) is 0.825. The zero-order chi connectivity index (χ0) is 15.3. The normalized spacial score (nSPS) is 20.8. The summed E-state index contributed by atoms with van der Waals surface area (Å²) >= 11 is 1.28. The van der Waals surface area contributed by atoms with Crippen molar-refractivity contribution in [1.29, 1.82) is 0 Å². The van der Waals surface area contributed by atoms with Gasteiger partial charge in [-0.2, -0.15) is 0 Å². The van der Waals surface area contributed by atoms with Gasteiger partial charge in [0.25, 0.3) is 0 Å². The maximum Gasteiger partial charge on any atom is 0.250 e. The van der Waals surface area contributed by atoms with Gasteiger partial charge in [-0.15, -0.1) is 11.3 Å². The molecule has 0 bridgehead atoms. The molecule has 5 nitrogen and oxygen atoms in total. The average molecular weight is 332 g/mol. The molecule has 1 aliphatic heterocycles. The minimum absolute atomic E-state index is 0.381. The summed E-state index contributed by atoms with van der Waals surface area (Å²) < 4.78 is 32.7. The number of sulfonamides is 1. The van der Waals surface area contributed by atoms with Gasteiger partial charge in [-0.3, -0.25) is 0 Å². The van der Waals surface area contributed by atoms with Crippen LogP contribution < -0.4 is 4.72 Å². The van der Waals surface area contributed by atoms with Gasteiger partial charge in [0.1, 0.15) is 4.21 Å². The first kappa shape index (κ1) is 16.9. The largest absolute Gasteiger partial charge is 0.383 e. The first-order chi connectivity index (χ1) is 10.0. The van der Waals surface area contributed by atoms with Crippen LogP contribution >= 0.6 is 11.3 Å². The fraction of sp³-hybridized carbons (Fsp3) is 0.714. The van der Waals surface area contributed by atoms with Crippen molar-refractivity contribution in [1.82, 2.24) is 9.62 Å². The Morgan fingerprint density at radius 3 is 3.00 bits per heavy atom. The Labute approximate surface area is 131 Å². The highest BCUT2D eigenvalue weighted by molar-refractivity contribution is 7.91. The van der Waals surface area contributed by atoms with E-state index in [1.165, 1.54) is 11.3 Å². The van der Waals surface area contributed by atoms with E-state index in [0.717, 1.165) is 44.6 Å². The van der Waals surface area contributed by atoms with E-state index in [9.17, 15) is 8.42 Å². The van der Waals surface area contributed by atoms with Gasteiger partial charge in [0.05, 0.1) is 6.61 Å². The third kappa shape index (κ3) is 5.03. The molecule has 0 saturated carbocycles. The van der Waals surface area contributed by atoms with Crippen molar-refractivity contribution in [2.75, 3.05) is 39.9 Å². The van der Waals surface area contributed by atoms with Gasteiger partial charge in [0.15, 0.2) is 0 Å². The first-order valence-corrected chi connectivity index (χ1v) is 9.63. The molecule has 0 amide bonds.